The summed E-state index contributed by atoms with van der Waals surface area (Å²) in [5.41, 5.74) is 0.962. The highest BCUT2D eigenvalue weighted by atomic mass is 19.4. The molecule has 1 aliphatic rings. The minimum Gasteiger partial charge on any atom is -0.504 e. The molecule has 6 nitrogen and oxygen atoms in total. The van der Waals surface area contributed by atoms with Gasteiger partial charge in [-0.05, 0) is 29.8 Å². The largest absolute Gasteiger partial charge is 0.573 e. The number of benzene rings is 2. The predicted octanol–water partition coefficient (Wildman–Crippen LogP) is 2.70. The molecule has 0 aromatic heterocycles. The number of phenolic OH excluding ortho intramolecular Hbond substituents is 3. The summed E-state index contributed by atoms with van der Waals surface area (Å²) in [4.78, 5) is 2.03. The van der Waals surface area contributed by atoms with Crippen LogP contribution in [-0.4, -0.2) is 52.8 Å². The number of halogens is 3. The lowest BCUT2D eigenvalue weighted by Crippen LogP contribution is -2.45. The molecule has 0 unspecified atom stereocenters. The molecule has 1 atom stereocenters. The second kappa shape index (κ2) is 7.53. The lowest BCUT2D eigenvalue weighted by Gasteiger charge is -2.36. The first kappa shape index (κ1) is 19.1. The van der Waals surface area contributed by atoms with Crippen molar-refractivity contribution < 1.29 is 33.2 Å². The number of alkyl halides is 3. The molecule has 0 saturated carbocycles. The first-order valence-corrected chi connectivity index (χ1v) is 8.30. The van der Waals surface area contributed by atoms with Crippen LogP contribution in [0.1, 0.15) is 17.2 Å². The maximum atomic E-state index is 12.4. The molecule has 27 heavy (non-hydrogen) atoms. The number of nitrogens with zero attached hydrogens (tertiary/aromatic N) is 1. The monoisotopic (exact) mass is 384 g/mol. The smallest absolute Gasteiger partial charge is 0.504 e. The SMILES string of the molecule is Oc1ccc([C@@H](c2ccc(OC(F)(F)F)cc2)N2CCNCC2)c(O)c1O. The van der Waals surface area contributed by atoms with Gasteiger partial charge in [0.1, 0.15) is 5.75 Å². The van der Waals surface area contributed by atoms with Crippen LogP contribution in [0, 0.1) is 0 Å². The summed E-state index contributed by atoms with van der Waals surface area (Å²) in [7, 11) is 0. The van der Waals surface area contributed by atoms with Crippen LogP contribution >= 0.6 is 0 Å². The Hall–Kier alpha value is -2.65. The zero-order valence-corrected chi connectivity index (χ0v) is 14.2. The lowest BCUT2D eigenvalue weighted by atomic mass is 9.95. The molecule has 9 heteroatoms. The minimum atomic E-state index is -4.78. The van der Waals surface area contributed by atoms with Crippen LogP contribution in [0.25, 0.3) is 0 Å². The maximum absolute atomic E-state index is 12.4. The number of phenols is 3. The summed E-state index contributed by atoms with van der Waals surface area (Å²) in [6, 6.07) is 7.61. The van der Waals surface area contributed by atoms with Gasteiger partial charge in [-0.1, -0.05) is 12.1 Å². The van der Waals surface area contributed by atoms with Crippen LogP contribution in [0.15, 0.2) is 36.4 Å². The number of piperazine rings is 1. The van der Waals surface area contributed by atoms with Gasteiger partial charge in [0.2, 0.25) is 5.75 Å². The Balaban J connectivity index is 1.99. The predicted molar refractivity (Wildman–Crippen MR) is 90.8 cm³/mol. The van der Waals surface area contributed by atoms with Gasteiger partial charge in [0.15, 0.2) is 11.5 Å². The van der Waals surface area contributed by atoms with Crippen LogP contribution in [0.4, 0.5) is 13.2 Å². The van der Waals surface area contributed by atoms with E-state index < -0.39 is 29.7 Å². The summed E-state index contributed by atoms with van der Waals surface area (Å²) in [6.45, 7) is 2.67. The summed E-state index contributed by atoms with van der Waals surface area (Å²) in [5.74, 6) is -1.90. The first-order valence-electron chi connectivity index (χ1n) is 8.30. The van der Waals surface area contributed by atoms with Gasteiger partial charge in [0, 0.05) is 31.7 Å². The molecule has 2 aromatic carbocycles. The van der Waals surface area contributed by atoms with E-state index in [-0.39, 0.29) is 5.75 Å². The van der Waals surface area contributed by atoms with Crippen LogP contribution in [0.3, 0.4) is 0 Å². The highest BCUT2D eigenvalue weighted by Gasteiger charge is 2.32. The third-order valence-corrected chi connectivity index (χ3v) is 4.40. The van der Waals surface area contributed by atoms with Gasteiger partial charge in [-0.3, -0.25) is 4.90 Å². The van der Waals surface area contributed by atoms with E-state index in [9.17, 15) is 28.5 Å². The average molecular weight is 384 g/mol. The second-order valence-electron chi connectivity index (χ2n) is 6.18. The molecule has 146 valence electrons. The van der Waals surface area contributed by atoms with E-state index in [0.29, 0.717) is 37.3 Å². The molecule has 1 fully saturated rings. The molecule has 0 aliphatic carbocycles. The molecule has 0 amide bonds. The zero-order chi connectivity index (χ0) is 19.6. The Morgan fingerprint density at radius 2 is 1.56 bits per heavy atom. The van der Waals surface area contributed by atoms with Crippen LogP contribution in [0.2, 0.25) is 0 Å². The van der Waals surface area contributed by atoms with Crippen LogP contribution in [-0.2, 0) is 0 Å². The number of aromatic hydroxyl groups is 3. The first-order chi connectivity index (χ1) is 12.8. The minimum absolute atomic E-state index is 0.344. The third-order valence-electron chi connectivity index (χ3n) is 4.40. The number of hydrogen-bond donors (Lipinski definition) is 4. The van der Waals surface area contributed by atoms with Crippen molar-refractivity contribution in [3.05, 3.63) is 47.5 Å². The average Bonchev–Trinajstić information content (AvgIpc) is 2.63. The van der Waals surface area contributed by atoms with E-state index in [1.54, 1.807) is 0 Å². The molecule has 2 aromatic rings. The van der Waals surface area contributed by atoms with E-state index in [0.717, 1.165) is 0 Å². The fourth-order valence-corrected chi connectivity index (χ4v) is 3.18. The number of ether oxygens (including phenoxy) is 1. The van der Waals surface area contributed by atoms with Crippen molar-refractivity contribution in [2.45, 2.75) is 12.4 Å². The Bertz CT molecular complexity index is 790. The topological polar surface area (TPSA) is 85.2 Å². The molecule has 3 rings (SSSR count). The Kier molecular flexibility index (Phi) is 5.33. The molecule has 1 saturated heterocycles. The third kappa shape index (κ3) is 4.37. The van der Waals surface area contributed by atoms with Crippen molar-refractivity contribution in [3.63, 3.8) is 0 Å². The van der Waals surface area contributed by atoms with E-state index in [1.807, 2.05) is 4.90 Å². The Morgan fingerprint density at radius 1 is 0.926 bits per heavy atom. The van der Waals surface area contributed by atoms with Crippen LogP contribution in [0.5, 0.6) is 23.0 Å². The normalized spacial score (nSPS) is 16.9. The molecule has 4 N–H and O–H groups in total. The Morgan fingerprint density at radius 3 is 2.15 bits per heavy atom. The van der Waals surface area contributed by atoms with Crippen molar-refractivity contribution in [1.82, 2.24) is 10.2 Å². The number of hydrogen-bond acceptors (Lipinski definition) is 6. The number of nitrogens with one attached hydrogen (secondary N) is 1. The van der Waals surface area contributed by atoms with Gasteiger partial charge in [0.05, 0.1) is 6.04 Å². The summed E-state index contributed by atoms with van der Waals surface area (Å²) >= 11 is 0. The fourth-order valence-electron chi connectivity index (χ4n) is 3.18. The van der Waals surface area contributed by atoms with Crippen molar-refractivity contribution in [3.8, 4) is 23.0 Å². The molecule has 0 bridgehead atoms. The highest BCUT2D eigenvalue weighted by Crippen LogP contribution is 2.43. The molecule has 0 spiro atoms. The second-order valence-corrected chi connectivity index (χ2v) is 6.18. The van der Waals surface area contributed by atoms with E-state index >= 15 is 0 Å². The van der Waals surface area contributed by atoms with Gasteiger partial charge >= 0.3 is 6.36 Å². The Labute approximate surface area is 153 Å². The molecule has 0 radical (unpaired) electrons. The van der Waals surface area contributed by atoms with E-state index in [1.165, 1.54) is 36.4 Å². The maximum Gasteiger partial charge on any atom is 0.573 e. The summed E-state index contributed by atoms with van der Waals surface area (Å²) in [6.07, 6.45) is -4.78. The molecular formula is C18H19F3N2O4. The summed E-state index contributed by atoms with van der Waals surface area (Å²) < 4.78 is 41.0. The summed E-state index contributed by atoms with van der Waals surface area (Å²) in [5, 5.41) is 33.0. The van der Waals surface area contributed by atoms with Crippen molar-refractivity contribution >= 4 is 0 Å². The van der Waals surface area contributed by atoms with Crippen molar-refractivity contribution in [2.75, 3.05) is 26.2 Å². The number of rotatable bonds is 4. The van der Waals surface area contributed by atoms with Crippen LogP contribution < -0.4 is 10.1 Å². The standard InChI is InChI=1S/C18H19F3N2O4/c19-18(20,21)27-12-3-1-11(2-4-12)15(23-9-7-22-8-10-23)13-5-6-14(24)17(26)16(13)25/h1-6,15,22,24-26H,7-10H2/t15-/m1/s1. The molecular weight excluding hydrogens is 365 g/mol. The molecule has 1 aliphatic heterocycles. The quantitative estimate of drug-likeness (QED) is 0.607. The lowest BCUT2D eigenvalue weighted by molar-refractivity contribution is -0.274. The van der Waals surface area contributed by atoms with Gasteiger partial charge < -0.3 is 25.4 Å². The van der Waals surface area contributed by atoms with Crippen molar-refractivity contribution in [2.24, 2.45) is 0 Å². The van der Waals surface area contributed by atoms with Gasteiger partial charge in [-0.2, -0.15) is 0 Å². The van der Waals surface area contributed by atoms with Gasteiger partial charge in [-0.15, -0.1) is 13.2 Å². The van der Waals surface area contributed by atoms with E-state index in [2.05, 4.69) is 10.1 Å². The zero-order valence-electron chi connectivity index (χ0n) is 14.2. The molecule has 1 heterocycles. The van der Waals surface area contributed by atoms with Gasteiger partial charge in [0.25, 0.3) is 0 Å². The van der Waals surface area contributed by atoms with E-state index in [4.69, 9.17) is 0 Å². The van der Waals surface area contributed by atoms with Gasteiger partial charge in [-0.25, -0.2) is 0 Å². The highest BCUT2D eigenvalue weighted by molar-refractivity contribution is 5.56. The fraction of sp³-hybridized carbons (Fsp3) is 0.333. The van der Waals surface area contributed by atoms with Crippen molar-refractivity contribution in [1.29, 1.82) is 0 Å².